The lowest BCUT2D eigenvalue weighted by molar-refractivity contribution is -0.104. The molecule has 0 radical (unpaired) electrons. The molecule has 0 amide bonds. The van der Waals surface area contributed by atoms with Crippen LogP contribution in [-0.2, 0) is 4.79 Å². The molecule has 70 valence electrons. The molecule has 0 aliphatic carbocycles. The van der Waals surface area contributed by atoms with E-state index in [9.17, 15) is 9.59 Å². The minimum Gasteiger partial charge on any atom is -0.294 e. The molecule has 13 heavy (non-hydrogen) atoms. The van der Waals surface area contributed by atoms with Gasteiger partial charge in [-0.2, -0.15) is 0 Å². The van der Waals surface area contributed by atoms with Gasteiger partial charge >= 0.3 is 0 Å². The number of rotatable bonds is 2. The van der Waals surface area contributed by atoms with E-state index in [2.05, 4.69) is 4.98 Å². The second-order valence-corrected chi connectivity index (χ2v) is 2.15. The average Bonchev–Trinajstić information content (AvgIpc) is 2.20. The third-order valence-electron chi connectivity index (χ3n) is 1.25. The van der Waals surface area contributed by atoms with Crippen LogP contribution in [0.15, 0.2) is 18.2 Å². The summed E-state index contributed by atoms with van der Waals surface area (Å²) in [7, 11) is 0. The first-order chi connectivity index (χ1) is 6.24. The van der Waals surface area contributed by atoms with Gasteiger partial charge in [-0.25, -0.2) is 4.98 Å². The van der Waals surface area contributed by atoms with E-state index < -0.39 is 5.78 Å². The van der Waals surface area contributed by atoms with Crippen molar-refractivity contribution in [2.75, 3.05) is 0 Å². The van der Waals surface area contributed by atoms with Gasteiger partial charge in [0.25, 0.3) is 0 Å². The Morgan fingerprint density at radius 1 is 1.38 bits per heavy atom. The molecule has 3 heteroatoms. The van der Waals surface area contributed by atoms with Gasteiger partial charge in [0, 0.05) is 5.69 Å². The fraction of sp³-hybridized carbons (Fsp3) is 0.300. The lowest BCUT2D eigenvalue weighted by Gasteiger charge is -1.93. The monoisotopic (exact) mass is 179 g/mol. The summed E-state index contributed by atoms with van der Waals surface area (Å²) < 4.78 is 0. The molecule has 0 saturated carbocycles. The summed E-state index contributed by atoms with van der Waals surface area (Å²) in [6, 6.07) is 4.98. The molecule has 0 bridgehead atoms. The van der Waals surface area contributed by atoms with E-state index in [0.717, 1.165) is 5.69 Å². The normalized spacial score (nSPS) is 8.23. The molecule has 1 rings (SSSR count). The number of hydrogen-bond donors (Lipinski definition) is 0. The van der Waals surface area contributed by atoms with E-state index in [4.69, 9.17) is 0 Å². The maximum Gasteiger partial charge on any atom is 0.243 e. The van der Waals surface area contributed by atoms with E-state index >= 15 is 0 Å². The van der Waals surface area contributed by atoms with Gasteiger partial charge in [-0.3, -0.25) is 9.59 Å². The SMILES string of the molecule is CC.Cc1cccc(C(=O)C=O)n1. The van der Waals surface area contributed by atoms with Crippen molar-refractivity contribution in [2.45, 2.75) is 20.8 Å². The highest BCUT2D eigenvalue weighted by molar-refractivity contribution is 6.32. The molecule has 1 heterocycles. The molecule has 1 aromatic rings. The molecular formula is C10H13NO2. The van der Waals surface area contributed by atoms with Crippen molar-refractivity contribution in [3.8, 4) is 0 Å². The summed E-state index contributed by atoms with van der Waals surface area (Å²) in [6.07, 6.45) is 0.266. The molecule has 0 aromatic carbocycles. The summed E-state index contributed by atoms with van der Waals surface area (Å²) in [4.78, 5) is 24.6. The second kappa shape index (κ2) is 6.06. The van der Waals surface area contributed by atoms with Crippen LogP contribution in [0.2, 0.25) is 0 Å². The van der Waals surface area contributed by atoms with Gasteiger partial charge in [0.05, 0.1) is 0 Å². The Morgan fingerprint density at radius 2 is 2.00 bits per heavy atom. The number of aldehydes is 1. The molecule has 0 aliphatic rings. The zero-order valence-corrected chi connectivity index (χ0v) is 8.07. The van der Waals surface area contributed by atoms with Crippen LogP contribution >= 0.6 is 0 Å². The Balaban J connectivity index is 0.000000671. The highest BCUT2D eigenvalue weighted by atomic mass is 16.2. The number of nitrogens with zero attached hydrogens (tertiary/aromatic N) is 1. The van der Waals surface area contributed by atoms with Gasteiger partial charge in [-0.15, -0.1) is 0 Å². The molecular weight excluding hydrogens is 166 g/mol. The van der Waals surface area contributed by atoms with Crippen LogP contribution in [-0.4, -0.2) is 17.1 Å². The summed E-state index contributed by atoms with van der Waals surface area (Å²) >= 11 is 0. The molecule has 0 fully saturated rings. The molecule has 0 N–H and O–H groups in total. The van der Waals surface area contributed by atoms with Crippen molar-refractivity contribution in [2.24, 2.45) is 0 Å². The maximum absolute atomic E-state index is 10.7. The van der Waals surface area contributed by atoms with E-state index in [0.29, 0.717) is 0 Å². The fourth-order valence-corrected chi connectivity index (χ4v) is 0.741. The van der Waals surface area contributed by atoms with Crippen LogP contribution in [0.25, 0.3) is 0 Å². The van der Waals surface area contributed by atoms with Gasteiger partial charge in [-0.05, 0) is 19.1 Å². The van der Waals surface area contributed by atoms with Gasteiger partial charge in [-0.1, -0.05) is 19.9 Å². The molecule has 1 aromatic heterocycles. The summed E-state index contributed by atoms with van der Waals surface area (Å²) in [6.45, 7) is 5.77. The van der Waals surface area contributed by atoms with Crippen molar-refractivity contribution >= 4 is 12.1 Å². The summed E-state index contributed by atoms with van der Waals surface area (Å²) in [5, 5.41) is 0. The number of aromatic nitrogens is 1. The maximum atomic E-state index is 10.7. The summed E-state index contributed by atoms with van der Waals surface area (Å²) in [5.41, 5.74) is 0.942. The lowest BCUT2D eigenvalue weighted by Crippen LogP contribution is -2.03. The first kappa shape index (κ1) is 11.5. The Morgan fingerprint density at radius 3 is 2.46 bits per heavy atom. The van der Waals surface area contributed by atoms with Crippen LogP contribution in [0, 0.1) is 6.92 Å². The topological polar surface area (TPSA) is 47.0 Å². The van der Waals surface area contributed by atoms with Crippen LogP contribution < -0.4 is 0 Å². The lowest BCUT2D eigenvalue weighted by atomic mass is 10.2. The van der Waals surface area contributed by atoms with Crippen LogP contribution in [0.4, 0.5) is 0 Å². The highest BCUT2D eigenvalue weighted by Gasteiger charge is 2.03. The quantitative estimate of drug-likeness (QED) is 0.395. The Labute approximate surface area is 77.8 Å². The zero-order chi connectivity index (χ0) is 10.3. The number of carbonyl (C=O) groups is 2. The predicted molar refractivity (Wildman–Crippen MR) is 50.7 cm³/mol. The summed E-state index contributed by atoms with van der Waals surface area (Å²) in [5.74, 6) is -0.575. The Bertz CT molecular complexity index is 295. The Kier molecular flexibility index (Phi) is 5.35. The molecule has 0 spiro atoms. The van der Waals surface area contributed by atoms with E-state index in [1.165, 1.54) is 6.07 Å². The third kappa shape index (κ3) is 3.60. The van der Waals surface area contributed by atoms with Crippen molar-refractivity contribution in [1.29, 1.82) is 0 Å². The number of hydrogen-bond acceptors (Lipinski definition) is 3. The largest absolute Gasteiger partial charge is 0.294 e. The van der Waals surface area contributed by atoms with Gasteiger partial charge < -0.3 is 0 Å². The number of ketones is 1. The first-order valence-corrected chi connectivity index (χ1v) is 4.17. The van der Waals surface area contributed by atoms with Crippen molar-refractivity contribution in [3.63, 3.8) is 0 Å². The van der Waals surface area contributed by atoms with Gasteiger partial charge in [0.1, 0.15) is 5.69 Å². The Hall–Kier alpha value is -1.51. The van der Waals surface area contributed by atoms with Crippen LogP contribution in [0.5, 0.6) is 0 Å². The smallest absolute Gasteiger partial charge is 0.243 e. The van der Waals surface area contributed by atoms with Crippen molar-refractivity contribution in [1.82, 2.24) is 4.98 Å². The average molecular weight is 179 g/mol. The van der Waals surface area contributed by atoms with E-state index in [1.807, 2.05) is 13.8 Å². The second-order valence-electron chi connectivity index (χ2n) is 2.15. The van der Waals surface area contributed by atoms with Gasteiger partial charge in [0.15, 0.2) is 6.29 Å². The number of Topliss-reactive ketones (excluding diaryl/α,β-unsaturated/α-hetero) is 1. The van der Waals surface area contributed by atoms with E-state index in [1.54, 1.807) is 19.1 Å². The van der Waals surface area contributed by atoms with Gasteiger partial charge in [0.2, 0.25) is 5.78 Å². The van der Waals surface area contributed by atoms with Crippen LogP contribution in [0.1, 0.15) is 30.0 Å². The predicted octanol–water partition coefficient (Wildman–Crippen LogP) is 1.80. The van der Waals surface area contributed by atoms with E-state index in [-0.39, 0.29) is 12.0 Å². The minimum atomic E-state index is -0.575. The molecule has 0 unspecified atom stereocenters. The van der Waals surface area contributed by atoms with Crippen LogP contribution in [0.3, 0.4) is 0 Å². The number of carbonyl (C=O) groups excluding carboxylic acids is 2. The molecule has 0 atom stereocenters. The van der Waals surface area contributed by atoms with Crippen molar-refractivity contribution in [3.05, 3.63) is 29.6 Å². The molecule has 0 aliphatic heterocycles. The highest BCUT2D eigenvalue weighted by Crippen LogP contribution is 1.97. The molecule has 3 nitrogen and oxygen atoms in total. The molecule has 0 saturated heterocycles. The standard InChI is InChI=1S/C8H7NO2.C2H6/c1-6-3-2-4-7(9-6)8(11)5-10;1-2/h2-5H,1H3;1-2H3. The van der Waals surface area contributed by atoms with Crippen molar-refractivity contribution < 1.29 is 9.59 Å². The fourth-order valence-electron chi connectivity index (χ4n) is 0.741. The first-order valence-electron chi connectivity index (χ1n) is 4.17. The third-order valence-corrected chi connectivity index (χ3v) is 1.25. The zero-order valence-electron chi connectivity index (χ0n) is 8.07. The number of pyridine rings is 1. The number of aryl methyl sites for hydroxylation is 1. The minimum absolute atomic E-state index is 0.208.